The van der Waals surface area contributed by atoms with Crippen LogP contribution in [0.1, 0.15) is 24.6 Å². The molecule has 1 aromatic heterocycles. The minimum Gasteiger partial charge on any atom is -0.468 e. The summed E-state index contributed by atoms with van der Waals surface area (Å²) < 4.78 is 55.3. The second-order valence-electron chi connectivity index (χ2n) is 4.91. The standard InChI is InChI=1S/C13H16F4N2O2/c14-11(15)13(16,17)12(20)18-8-9(10-4-3-7-21-10)19-5-1-2-6-19/h3-4,7,9,11H,1-2,5-6,8H2,(H,18,20). The predicted molar refractivity (Wildman–Crippen MR) is 66.2 cm³/mol. The number of furan rings is 1. The van der Waals surface area contributed by atoms with E-state index < -0.39 is 24.3 Å². The monoisotopic (exact) mass is 308 g/mol. The summed E-state index contributed by atoms with van der Waals surface area (Å²) >= 11 is 0. The summed E-state index contributed by atoms with van der Waals surface area (Å²) in [6.07, 6.45) is -0.670. The quantitative estimate of drug-likeness (QED) is 0.821. The van der Waals surface area contributed by atoms with Crippen LogP contribution in [0.3, 0.4) is 0 Å². The first-order valence-electron chi connectivity index (χ1n) is 6.64. The van der Waals surface area contributed by atoms with Gasteiger partial charge in [-0.05, 0) is 38.1 Å². The average Bonchev–Trinajstić information content (AvgIpc) is 3.11. The fraction of sp³-hybridized carbons (Fsp3) is 0.615. The Morgan fingerprint density at radius 3 is 2.57 bits per heavy atom. The number of hydrogen-bond donors (Lipinski definition) is 1. The van der Waals surface area contributed by atoms with E-state index in [9.17, 15) is 22.4 Å². The second kappa shape index (κ2) is 6.46. The summed E-state index contributed by atoms with van der Waals surface area (Å²) in [4.78, 5) is 13.2. The van der Waals surface area contributed by atoms with Crippen LogP contribution in [-0.4, -0.2) is 42.8 Å². The number of nitrogens with zero attached hydrogens (tertiary/aromatic N) is 1. The number of amides is 1. The van der Waals surface area contributed by atoms with E-state index in [4.69, 9.17) is 4.42 Å². The van der Waals surface area contributed by atoms with Gasteiger partial charge in [0.25, 0.3) is 5.91 Å². The Labute approximate surface area is 119 Å². The van der Waals surface area contributed by atoms with Crippen molar-refractivity contribution in [2.24, 2.45) is 0 Å². The largest absolute Gasteiger partial charge is 0.468 e. The smallest absolute Gasteiger partial charge is 0.383 e. The van der Waals surface area contributed by atoms with Gasteiger partial charge in [0, 0.05) is 6.54 Å². The highest BCUT2D eigenvalue weighted by Crippen LogP contribution is 2.26. The zero-order valence-electron chi connectivity index (χ0n) is 11.2. The number of alkyl halides is 4. The number of hydrogen-bond acceptors (Lipinski definition) is 3. The minimum absolute atomic E-state index is 0.200. The van der Waals surface area contributed by atoms with Gasteiger partial charge in [-0.25, -0.2) is 8.78 Å². The lowest BCUT2D eigenvalue weighted by Crippen LogP contribution is -2.47. The third-order valence-corrected chi connectivity index (χ3v) is 3.49. The van der Waals surface area contributed by atoms with Crippen molar-refractivity contribution in [3.05, 3.63) is 24.2 Å². The van der Waals surface area contributed by atoms with Gasteiger partial charge in [-0.2, -0.15) is 8.78 Å². The maximum Gasteiger partial charge on any atom is 0.383 e. The molecule has 1 aliphatic rings. The molecule has 0 saturated carbocycles. The van der Waals surface area contributed by atoms with E-state index in [1.54, 1.807) is 12.1 Å². The Morgan fingerprint density at radius 1 is 1.38 bits per heavy atom. The molecule has 4 nitrogen and oxygen atoms in total. The maximum atomic E-state index is 12.9. The zero-order valence-corrected chi connectivity index (χ0v) is 11.2. The molecule has 1 fully saturated rings. The minimum atomic E-state index is -4.68. The molecule has 2 heterocycles. The van der Waals surface area contributed by atoms with Gasteiger partial charge in [0.2, 0.25) is 0 Å². The molecular formula is C13H16F4N2O2. The molecular weight excluding hydrogens is 292 g/mol. The Morgan fingerprint density at radius 2 is 2.05 bits per heavy atom. The van der Waals surface area contributed by atoms with Crippen molar-refractivity contribution in [2.75, 3.05) is 19.6 Å². The Hall–Kier alpha value is -1.57. The van der Waals surface area contributed by atoms with Crippen LogP contribution in [0.2, 0.25) is 0 Å². The topological polar surface area (TPSA) is 45.5 Å². The molecule has 1 N–H and O–H groups in total. The second-order valence-corrected chi connectivity index (χ2v) is 4.91. The first-order chi connectivity index (χ1) is 9.93. The van der Waals surface area contributed by atoms with Gasteiger partial charge in [0.15, 0.2) is 0 Å². The fourth-order valence-electron chi connectivity index (χ4n) is 2.35. The number of likely N-dealkylation sites (tertiary alicyclic amines) is 1. The summed E-state index contributed by atoms with van der Waals surface area (Å²) in [6, 6.07) is 2.88. The van der Waals surface area contributed by atoms with Crippen molar-refractivity contribution >= 4 is 5.91 Å². The van der Waals surface area contributed by atoms with Crippen LogP contribution >= 0.6 is 0 Å². The summed E-state index contributed by atoms with van der Waals surface area (Å²) in [6.45, 7) is 1.29. The molecule has 0 spiro atoms. The molecule has 2 rings (SSSR count). The van der Waals surface area contributed by atoms with Crippen molar-refractivity contribution in [3.63, 3.8) is 0 Å². The first kappa shape index (κ1) is 15.8. The predicted octanol–water partition coefficient (Wildman–Crippen LogP) is 2.43. The molecule has 118 valence electrons. The molecule has 1 saturated heterocycles. The van der Waals surface area contributed by atoms with Crippen molar-refractivity contribution in [1.82, 2.24) is 10.2 Å². The molecule has 21 heavy (non-hydrogen) atoms. The van der Waals surface area contributed by atoms with Crippen LogP contribution in [0.15, 0.2) is 22.8 Å². The van der Waals surface area contributed by atoms with Gasteiger partial charge < -0.3 is 9.73 Å². The number of nitrogens with one attached hydrogen (secondary N) is 1. The summed E-state index contributed by atoms with van der Waals surface area (Å²) in [5, 5.41) is 1.90. The normalized spacial score (nSPS) is 18.1. The molecule has 8 heteroatoms. The van der Waals surface area contributed by atoms with E-state index in [1.807, 2.05) is 10.2 Å². The van der Waals surface area contributed by atoms with Gasteiger partial charge in [0.1, 0.15) is 5.76 Å². The van der Waals surface area contributed by atoms with Crippen LogP contribution < -0.4 is 5.32 Å². The SMILES string of the molecule is O=C(NCC(c1ccco1)N1CCCC1)C(F)(F)C(F)F. The van der Waals surface area contributed by atoms with Gasteiger partial charge in [0.05, 0.1) is 12.3 Å². The van der Waals surface area contributed by atoms with Crippen molar-refractivity contribution in [2.45, 2.75) is 31.2 Å². The van der Waals surface area contributed by atoms with E-state index in [2.05, 4.69) is 0 Å². The molecule has 0 aliphatic carbocycles. The lowest BCUT2D eigenvalue weighted by molar-refractivity contribution is -0.169. The molecule has 1 aliphatic heterocycles. The third kappa shape index (κ3) is 3.55. The number of rotatable bonds is 6. The Kier molecular flexibility index (Phi) is 4.87. The Bertz CT molecular complexity index is 459. The van der Waals surface area contributed by atoms with Gasteiger partial charge >= 0.3 is 12.3 Å². The van der Waals surface area contributed by atoms with Crippen molar-refractivity contribution < 1.29 is 26.8 Å². The van der Waals surface area contributed by atoms with Crippen LogP contribution in [0.4, 0.5) is 17.6 Å². The molecule has 0 radical (unpaired) electrons. The highest BCUT2D eigenvalue weighted by molar-refractivity contribution is 5.83. The number of halogens is 4. The van der Waals surface area contributed by atoms with Crippen LogP contribution in [0, 0.1) is 0 Å². The summed E-state index contributed by atoms with van der Waals surface area (Å²) in [5.74, 6) is -6.13. The lowest BCUT2D eigenvalue weighted by atomic mass is 10.2. The molecule has 1 atom stereocenters. The highest BCUT2D eigenvalue weighted by Gasteiger charge is 2.49. The van der Waals surface area contributed by atoms with Gasteiger partial charge in [-0.3, -0.25) is 9.69 Å². The van der Waals surface area contributed by atoms with Crippen molar-refractivity contribution in [1.29, 1.82) is 0 Å². The van der Waals surface area contributed by atoms with E-state index >= 15 is 0 Å². The lowest BCUT2D eigenvalue weighted by Gasteiger charge is -2.26. The van der Waals surface area contributed by atoms with Crippen LogP contribution in [0.25, 0.3) is 0 Å². The van der Waals surface area contributed by atoms with Crippen molar-refractivity contribution in [3.8, 4) is 0 Å². The zero-order chi connectivity index (χ0) is 15.5. The summed E-state index contributed by atoms with van der Waals surface area (Å²) in [7, 11) is 0. The van der Waals surface area contributed by atoms with E-state index in [1.165, 1.54) is 6.26 Å². The Balaban J connectivity index is 2.01. The van der Waals surface area contributed by atoms with Crippen LogP contribution in [0.5, 0.6) is 0 Å². The molecule has 0 aromatic carbocycles. The van der Waals surface area contributed by atoms with E-state index in [-0.39, 0.29) is 6.54 Å². The fourth-order valence-corrected chi connectivity index (χ4v) is 2.35. The molecule has 1 unspecified atom stereocenters. The van der Waals surface area contributed by atoms with Gasteiger partial charge in [-0.1, -0.05) is 0 Å². The van der Waals surface area contributed by atoms with E-state index in [0.717, 1.165) is 25.9 Å². The number of carbonyl (C=O) groups excluding carboxylic acids is 1. The molecule has 0 bridgehead atoms. The summed E-state index contributed by atoms with van der Waals surface area (Å²) in [5.41, 5.74) is 0. The van der Waals surface area contributed by atoms with E-state index in [0.29, 0.717) is 5.76 Å². The van der Waals surface area contributed by atoms with Gasteiger partial charge in [-0.15, -0.1) is 0 Å². The maximum absolute atomic E-state index is 12.9. The third-order valence-electron chi connectivity index (χ3n) is 3.49. The average molecular weight is 308 g/mol. The molecule has 1 amide bonds. The molecule has 1 aromatic rings. The number of carbonyl (C=O) groups is 1. The highest BCUT2D eigenvalue weighted by atomic mass is 19.3. The van der Waals surface area contributed by atoms with Crippen LogP contribution in [-0.2, 0) is 4.79 Å². The first-order valence-corrected chi connectivity index (χ1v) is 6.64.